The summed E-state index contributed by atoms with van der Waals surface area (Å²) in [6, 6.07) is 4.81. The highest BCUT2D eigenvalue weighted by Crippen LogP contribution is 2.22. The lowest BCUT2D eigenvalue weighted by Crippen LogP contribution is -2.28. The topological polar surface area (TPSA) is 38.4 Å². The van der Waals surface area contributed by atoms with E-state index >= 15 is 0 Å². The Morgan fingerprint density at radius 1 is 1.33 bits per heavy atom. The van der Waals surface area contributed by atoms with Crippen molar-refractivity contribution in [3.05, 3.63) is 29.6 Å². The van der Waals surface area contributed by atoms with Crippen LogP contribution in [0.5, 0.6) is 0 Å². The fourth-order valence-electron chi connectivity index (χ4n) is 1.01. The molecule has 0 radical (unpaired) electrons. The monoisotopic (exact) mass is 208 g/mol. The molecule has 0 aromatic heterocycles. The van der Waals surface area contributed by atoms with Crippen LogP contribution in [0.2, 0.25) is 0 Å². The molecule has 0 saturated carbocycles. The number of aliphatic imine (C=N–C) groups is 1. The summed E-state index contributed by atoms with van der Waals surface area (Å²) in [7, 11) is 0. The molecule has 0 fully saturated rings. The number of amidine groups is 1. The van der Waals surface area contributed by atoms with Crippen LogP contribution in [0.1, 0.15) is 26.3 Å². The van der Waals surface area contributed by atoms with Gasteiger partial charge >= 0.3 is 0 Å². The number of nitrogens with two attached hydrogens (primary N) is 1. The second-order valence-corrected chi connectivity index (χ2v) is 4.70. The van der Waals surface area contributed by atoms with E-state index < -0.39 is 0 Å². The number of aryl methyl sites for hydroxylation is 1. The van der Waals surface area contributed by atoms with Gasteiger partial charge in [0.2, 0.25) is 0 Å². The molecule has 1 rings (SSSR count). The van der Waals surface area contributed by atoms with Crippen molar-refractivity contribution in [2.24, 2.45) is 16.1 Å². The molecule has 2 nitrogen and oxygen atoms in total. The van der Waals surface area contributed by atoms with Crippen molar-refractivity contribution in [1.29, 1.82) is 0 Å². The van der Waals surface area contributed by atoms with Gasteiger partial charge < -0.3 is 5.73 Å². The van der Waals surface area contributed by atoms with Gasteiger partial charge in [0.1, 0.15) is 17.3 Å². The van der Waals surface area contributed by atoms with Gasteiger partial charge in [-0.2, -0.15) is 0 Å². The van der Waals surface area contributed by atoms with E-state index in [1.165, 1.54) is 6.07 Å². The summed E-state index contributed by atoms with van der Waals surface area (Å²) in [6.45, 7) is 7.73. The molecule has 1 aromatic carbocycles. The zero-order valence-corrected chi connectivity index (χ0v) is 9.63. The lowest BCUT2D eigenvalue weighted by atomic mass is 9.95. The maximum absolute atomic E-state index is 13.4. The van der Waals surface area contributed by atoms with Gasteiger partial charge in [0, 0.05) is 5.41 Å². The number of halogens is 1. The Kier molecular flexibility index (Phi) is 3.12. The van der Waals surface area contributed by atoms with Crippen LogP contribution in [0, 0.1) is 18.2 Å². The number of hydrogen-bond donors (Lipinski definition) is 1. The highest BCUT2D eigenvalue weighted by atomic mass is 19.1. The molecule has 15 heavy (non-hydrogen) atoms. The Bertz CT molecular complexity index is 389. The van der Waals surface area contributed by atoms with Crippen molar-refractivity contribution in [1.82, 2.24) is 0 Å². The molecule has 0 aliphatic heterocycles. The lowest BCUT2D eigenvalue weighted by molar-refractivity contribution is 0.583. The van der Waals surface area contributed by atoms with Crippen LogP contribution in [0.15, 0.2) is 23.2 Å². The van der Waals surface area contributed by atoms with Crippen LogP contribution in [-0.4, -0.2) is 5.84 Å². The van der Waals surface area contributed by atoms with E-state index in [2.05, 4.69) is 4.99 Å². The molecule has 0 unspecified atom stereocenters. The minimum absolute atomic E-state index is 0.240. The molecule has 1 aromatic rings. The standard InChI is InChI=1S/C12H17FN2/c1-8-5-6-9(13)10(7-8)15-11(14)12(2,3)4/h5-7H,1-4H3,(H2,14,15). The average Bonchev–Trinajstić information content (AvgIpc) is 2.09. The molecule has 0 heterocycles. The lowest BCUT2D eigenvalue weighted by Gasteiger charge is -2.17. The molecule has 2 N–H and O–H groups in total. The summed E-state index contributed by atoms with van der Waals surface area (Å²) >= 11 is 0. The van der Waals surface area contributed by atoms with E-state index in [0.29, 0.717) is 11.5 Å². The zero-order valence-electron chi connectivity index (χ0n) is 9.63. The maximum Gasteiger partial charge on any atom is 0.148 e. The molecule has 0 bridgehead atoms. The van der Waals surface area contributed by atoms with Crippen LogP contribution in [-0.2, 0) is 0 Å². The molecular formula is C12H17FN2. The Balaban J connectivity index is 3.13. The van der Waals surface area contributed by atoms with Gasteiger partial charge in [-0.05, 0) is 24.6 Å². The quantitative estimate of drug-likeness (QED) is 0.558. The second kappa shape index (κ2) is 4.01. The molecule has 0 amide bonds. The van der Waals surface area contributed by atoms with Gasteiger partial charge in [0.25, 0.3) is 0 Å². The minimum atomic E-state index is -0.340. The van der Waals surface area contributed by atoms with Crippen molar-refractivity contribution in [3.63, 3.8) is 0 Å². The van der Waals surface area contributed by atoms with E-state index in [-0.39, 0.29) is 11.2 Å². The highest BCUT2D eigenvalue weighted by molar-refractivity contribution is 5.87. The fourth-order valence-corrected chi connectivity index (χ4v) is 1.01. The third-order valence-electron chi connectivity index (χ3n) is 2.11. The number of hydrogen-bond acceptors (Lipinski definition) is 1. The van der Waals surface area contributed by atoms with E-state index in [1.807, 2.05) is 27.7 Å². The molecule has 0 aliphatic carbocycles. The van der Waals surface area contributed by atoms with E-state index in [0.717, 1.165) is 5.56 Å². The first-order valence-corrected chi connectivity index (χ1v) is 4.91. The summed E-state index contributed by atoms with van der Waals surface area (Å²) in [5, 5.41) is 0. The van der Waals surface area contributed by atoms with Crippen LogP contribution < -0.4 is 5.73 Å². The first-order chi connectivity index (χ1) is 6.80. The van der Waals surface area contributed by atoms with Crippen molar-refractivity contribution in [2.45, 2.75) is 27.7 Å². The predicted molar refractivity (Wildman–Crippen MR) is 61.9 cm³/mol. The largest absolute Gasteiger partial charge is 0.387 e. The first-order valence-electron chi connectivity index (χ1n) is 4.91. The zero-order chi connectivity index (χ0) is 11.6. The summed E-state index contributed by atoms with van der Waals surface area (Å²) in [4.78, 5) is 4.11. The van der Waals surface area contributed by atoms with Gasteiger partial charge in [-0.1, -0.05) is 26.8 Å². The number of rotatable bonds is 1. The predicted octanol–water partition coefficient (Wildman–Crippen LogP) is 3.17. The third kappa shape index (κ3) is 3.05. The average molecular weight is 208 g/mol. The molecule has 3 heteroatoms. The Morgan fingerprint density at radius 2 is 1.93 bits per heavy atom. The van der Waals surface area contributed by atoms with Crippen LogP contribution in [0.4, 0.5) is 10.1 Å². The van der Waals surface area contributed by atoms with Crippen molar-refractivity contribution in [3.8, 4) is 0 Å². The first kappa shape index (κ1) is 11.7. The molecule has 0 saturated heterocycles. The summed E-state index contributed by atoms with van der Waals surface area (Å²) < 4.78 is 13.4. The van der Waals surface area contributed by atoms with Gasteiger partial charge in [0.15, 0.2) is 0 Å². The Morgan fingerprint density at radius 3 is 2.47 bits per heavy atom. The summed E-state index contributed by atoms with van der Waals surface area (Å²) in [6.07, 6.45) is 0. The molecule has 0 spiro atoms. The molecular weight excluding hydrogens is 191 g/mol. The van der Waals surface area contributed by atoms with E-state index in [4.69, 9.17) is 5.73 Å². The fraction of sp³-hybridized carbons (Fsp3) is 0.417. The van der Waals surface area contributed by atoms with E-state index in [9.17, 15) is 4.39 Å². The Labute approximate surface area is 90.0 Å². The maximum atomic E-state index is 13.4. The van der Waals surface area contributed by atoms with Crippen molar-refractivity contribution < 1.29 is 4.39 Å². The highest BCUT2D eigenvalue weighted by Gasteiger charge is 2.16. The van der Waals surface area contributed by atoms with Crippen molar-refractivity contribution >= 4 is 11.5 Å². The molecule has 0 aliphatic rings. The van der Waals surface area contributed by atoms with Gasteiger partial charge in [0.05, 0.1) is 0 Å². The van der Waals surface area contributed by atoms with Crippen LogP contribution in [0.25, 0.3) is 0 Å². The van der Waals surface area contributed by atoms with Crippen LogP contribution in [0.3, 0.4) is 0 Å². The SMILES string of the molecule is Cc1ccc(F)c(N=C(N)C(C)(C)C)c1. The van der Waals surface area contributed by atoms with Crippen molar-refractivity contribution in [2.75, 3.05) is 0 Å². The van der Waals surface area contributed by atoms with Crippen LogP contribution >= 0.6 is 0 Å². The number of benzene rings is 1. The normalized spacial score (nSPS) is 13.0. The summed E-state index contributed by atoms with van der Waals surface area (Å²) in [5.41, 5.74) is 6.82. The van der Waals surface area contributed by atoms with Gasteiger partial charge in [-0.25, -0.2) is 9.38 Å². The minimum Gasteiger partial charge on any atom is -0.387 e. The Hall–Kier alpha value is -1.38. The smallest absolute Gasteiger partial charge is 0.148 e. The summed E-state index contributed by atoms with van der Waals surface area (Å²) in [5.74, 6) is 0.0970. The third-order valence-corrected chi connectivity index (χ3v) is 2.11. The molecule has 0 atom stereocenters. The van der Waals surface area contributed by atoms with Gasteiger partial charge in [-0.3, -0.25) is 0 Å². The number of nitrogens with zero attached hydrogens (tertiary/aromatic N) is 1. The second-order valence-electron chi connectivity index (χ2n) is 4.70. The van der Waals surface area contributed by atoms with E-state index in [1.54, 1.807) is 12.1 Å². The van der Waals surface area contributed by atoms with Gasteiger partial charge in [-0.15, -0.1) is 0 Å². The molecule has 82 valence electrons.